The average molecular weight is 307 g/mol. The first-order valence-corrected chi connectivity index (χ1v) is 7.46. The number of nitrogens with zero attached hydrogens (tertiary/aromatic N) is 3. The van der Waals surface area contributed by atoms with Crippen LogP contribution in [-0.4, -0.2) is 28.7 Å². The third kappa shape index (κ3) is 7.11. The zero-order valence-electron chi connectivity index (χ0n) is 14.8. The lowest BCUT2D eigenvalue weighted by molar-refractivity contribution is 0.176. The van der Waals surface area contributed by atoms with Crippen LogP contribution >= 0.6 is 0 Å². The van der Waals surface area contributed by atoms with E-state index in [-0.39, 0.29) is 0 Å². The van der Waals surface area contributed by atoms with Gasteiger partial charge in [-0.3, -0.25) is 0 Å². The summed E-state index contributed by atoms with van der Waals surface area (Å²) < 4.78 is 10.3. The van der Waals surface area contributed by atoms with E-state index in [0.717, 1.165) is 28.3 Å². The minimum atomic E-state index is 0.478. The first kappa shape index (κ1) is 20.0. The van der Waals surface area contributed by atoms with Crippen LogP contribution in [0.4, 0.5) is 0 Å². The predicted molar refractivity (Wildman–Crippen MR) is 92.1 cm³/mol. The molecule has 0 aromatic carbocycles. The molecule has 1 heterocycles. The van der Waals surface area contributed by atoms with Crippen molar-refractivity contribution in [1.82, 2.24) is 15.0 Å². The molecule has 0 atom stereocenters. The maximum absolute atomic E-state index is 5.45. The highest BCUT2D eigenvalue weighted by atomic mass is 16.5. The highest BCUT2D eigenvalue weighted by molar-refractivity contribution is 5.71. The van der Waals surface area contributed by atoms with E-state index in [1.54, 1.807) is 18.2 Å². The van der Waals surface area contributed by atoms with Crippen LogP contribution in [0.15, 0.2) is 25.2 Å². The fourth-order valence-corrected chi connectivity index (χ4v) is 1.51. The van der Waals surface area contributed by atoms with Gasteiger partial charge >= 0.3 is 0 Å². The molecule has 124 valence electrons. The van der Waals surface area contributed by atoms with Gasteiger partial charge in [-0.15, -0.1) is 0 Å². The summed E-state index contributed by atoms with van der Waals surface area (Å²) in [5.74, 6) is 0.718. The van der Waals surface area contributed by atoms with Crippen molar-refractivity contribution in [1.29, 1.82) is 0 Å². The Morgan fingerprint density at radius 3 is 1.91 bits per heavy atom. The van der Waals surface area contributed by atoms with Gasteiger partial charge in [0.1, 0.15) is 30.0 Å². The molecule has 5 nitrogen and oxygen atoms in total. The predicted octanol–water partition coefficient (Wildman–Crippen LogP) is 4.28. The van der Waals surface area contributed by atoms with E-state index in [4.69, 9.17) is 9.47 Å². The van der Waals surface area contributed by atoms with E-state index in [1.165, 1.54) is 6.42 Å². The molecule has 0 fully saturated rings. The van der Waals surface area contributed by atoms with Crippen LogP contribution in [0.5, 0.6) is 0 Å². The summed E-state index contributed by atoms with van der Waals surface area (Å²) in [6.45, 7) is 18.7. The molecule has 1 aromatic heterocycles. The van der Waals surface area contributed by atoms with Crippen LogP contribution in [0.3, 0.4) is 0 Å². The number of allylic oxidation sites excluding steroid dienone is 3. The van der Waals surface area contributed by atoms with Crippen molar-refractivity contribution in [2.75, 3.05) is 13.7 Å². The van der Waals surface area contributed by atoms with Gasteiger partial charge in [0.2, 0.25) is 0 Å². The molecule has 22 heavy (non-hydrogen) atoms. The molecule has 0 aliphatic carbocycles. The molecule has 1 rings (SSSR count). The maximum atomic E-state index is 5.45. The van der Waals surface area contributed by atoms with E-state index in [1.807, 2.05) is 20.8 Å². The zero-order chi connectivity index (χ0) is 17.1. The van der Waals surface area contributed by atoms with Crippen molar-refractivity contribution in [3.63, 3.8) is 0 Å². The van der Waals surface area contributed by atoms with E-state index in [2.05, 4.69) is 37.2 Å². The van der Waals surface area contributed by atoms with Gasteiger partial charge < -0.3 is 9.47 Å². The van der Waals surface area contributed by atoms with Crippen LogP contribution in [0, 0.1) is 0 Å². The number of methoxy groups -OCH3 is 1. The molecule has 5 heteroatoms. The smallest absolute Gasteiger partial charge is 0.127 e. The molecule has 0 saturated heterocycles. The third-order valence-corrected chi connectivity index (χ3v) is 2.37. The van der Waals surface area contributed by atoms with Gasteiger partial charge in [0.05, 0.1) is 13.7 Å². The lowest BCUT2D eigenvalue weighted by Crippen LogP contribution is -2.08. The molecule has 0 N–H and O–H groups in total. The van der Waals surface area contributed by atoms with Gasteiger partial charge in [0, 0.05) is 0 Å². The Morgan fingerprint density at radius 1 is 1.09 bits per heavy atom. The Balaban J connectivity index is 0.00000135. The molecule has 0 bridgehead atoms. The van der Waals surface area contributed by atoms with Gasteiger partial charge in [-0.25, -0.2) is 0 Å². The molecule has 1 aromatic rings. The second kappa shape index (κ2) is 10.7. The first-order valence-electron chi connectivity index (χ1n) is 7.46. The molecular weight excluding hydrogens is 278 g/mol. The number of aromatic nitrogens is 3. The lowest BCUT2D eigenvalue weighted by atomic mass is 10.1. The van der Waals surface area contributed by atoms with Crippen LogP contribution in [0.2, 0.25) is 0 Å². The minimum absolute atomic E-state index is 0.478. The number of ether oxygens (including phenoxy) is 2. The van der Waals surface area contributed by atoms with Crippen molar-refractivity contribution < 1.29 is 9.47 Å². The van der Waals surface area contributed by atoms with Gasteiger partial charge in [-0.05, 0) is 31.9 Å². The number of hydrogen-bond donors (Lipinski definition) is 0. The van der Waals surface area contributed by atoms with Gasteiger partial charge in [-0.2, -0.15) is 15.0 Å². The van der Waals surface area contributed by atoms with Crippen LogP contribution in [0.25, 0.3) is 11.1 Å². The molecule has 0 radical (unpaired) electrons. The highest BCUT2D eigenvalue weighted by Gasteiger charge is 2.12. The van der Waals surface area contributed by atoms with Crippen LogP contribution < -0.4 is 0 Å². The standard InChI is InChI=1S/C14H21N3O2.C3H8/c1-10(2)13-14(11(3)4)16-17(15-13)7-8-19-12(5)9-18-6;1-3-2/h9H,1,3,7-8H2,2,4-6H3;3H2,1-2H3. The van der Waals surface area contributed by atoms with E-state index in [0.29, 0.717) is 13.2 Å². The summed E-state index contributed by atoms with van der Waals surface area (Å²) in [6.07, 6.45) is 2.80. The summed E-state index contributed by atoms with van der Waals surface area (Å²) in [7, 11) is 1.58. The molecule has 0 amide bonds. The molecule has 0 spiro atoms. The number of hydrogen-bond acceptors (Lipinski definition) is 4. The minimum Gasteiger partial charge on any atom is -0.501 e. The monoisotopic (exact) mass is 307 g/mol. The van der Waals surface area contributed by atoms with E-state index >= 15 is 0 Å². The Hall–Kier alpha value is -2.04. The van der Waals surface area contributed by atoms with E-state index < -0.39 is 0 Å². The van der Waals surface area contributed by atoms with Crippen molar-refractivity contribution in [2.24, 2.45) is 0 Å². The second-order valence-electron chi connectivity index (χ2n) is 5.07. The largest absolute Gasteiger partial charge is 0.501 e. The van der Waals surface area contributed by atoms with Crippen molar-refractivity contribution in [3.05, 3.63) is 36.6 Å². The average Bonchev–Trinajstić information content (AvgIpc) is 2.84. The summed E-state index contributed by atoms with van der Waals surface area (Å²) in [5.41, 5.74) is 3.33. The van der Waals surface area contributed by atoms with Gasteiger partial charge in [-0.1, -0.05) is 33.4 Å². The Kier molecular flexibility index (Phi) is 9.67. The zero-order valence-corrected chi connectivity index (χ0v) is 14.8. The van der Waals surface area contributed by atoms with E-state index in [9.17, 15) is 0 Å². The summed E-state index contributed by atoms with van der Waals surface area (Å²) in [6, 6.07) is 0. The Bertz CT molecular complexity index is 484. The fourth-order valence-electron chi connectivity index (χ4n) is 1.51. The van der Waals surface area contributed by atoms with Gasteiger partial charge in [0.25, 0.3) is 0 Å². The summed E-state index contributed by atoms with van der Waals surface area (Å²) in [5, 5.41) is 8.78. The van der Waals surface area contributed by atoms with Crippen molar-refractivity contribution in [2.45, 2.75) is 47.6 Å². The SMILES string of the molecule is C=C(C)c1nn(CCOC(C)=COC)nc1C(=C)C.CCC. The topological polar surface area (TPSA) is 49.2 Å². The first-order chi connectivity index (χ1) is 10.4. The Morgan fingerprint density at radius 2 is 1.55 bits per heavy atom. The lowest BCUT2D eigenvalue weighted by Gasteiger charge is -2.04. The molecule has 0 aliphatic heterocycles. The Labute approximate surface area is 134 Å². The summed E-state index contributed by atoms with van der Waals surface area (Å²) in [4.78, 5) is 1.61. The second-order valence-corrected chi connectivity index (χ2v) is 5.07. The molecule has 0 aliphatic rings. The highest BCUT2D eigenvalue weighted by Crippen LogP contribution is 2.18. The molecule has 0 saturated carbocycles. The van der Waals surface area contributed by atoms with Crippen molar-refractivity contribution in [3.8, 4) is 0 Å². The summed E-state index contributed by atoms with van der Waals surface area (Å²) >= 11 is 0. The maximum Gasteiger partial charge on any atom is 0.127 e. The number of rotatable bonds is 7. The fraction of sp³-hybridized carbons (Fsp3) is 0.529. The third-order valence-electron chi connectivity index (χ3n) is 2.37. The van der Waals surface area contributed by atoms with Crippen LogP contribution in [-0.2, 0) is 16.0 Å². The van der Waals surface area contributed by atoms with Gasteiger partial charge in [0.15, 0.2) is 0 Å². The molecule has 0 unspecified atom stereocenters. The quantitative estimate of drug-likeness (QED) is 0.705. The normalized spacial score (nSPS) is 10.5. The molecular formula is C17H29N3O2. The van der Waals surface area contributed by atoms with Crippen molar-refractivity contribution >= 4 is 11.1 Å². The van der Waals surface area contributed by atoms with Crippen LogP contribution in [0.1, 0.15) is 52.4 Å².